The minimum Gasteiger partial charge on any atom is -0.394 e. The van der Waals surface area contributed by atoms with E-state index in [4.69, 9.17) is 27.0 Å². The number of aliphatic hydroxyl groups is 1. The lowest BCUT2D eigenvalue weighted by Gasteiger charge is -1.98. The maximum atomic E-state index is 8.83. The van der Waals surface area contributed by atoms with Gasteiger partial charge in [-0.25, -0.2) is 0 Å². The number of benzene rings is 1. The molecular weight excluding hydrogens is 230 g/mol. The van der Waals surface area contributed by atoms with E-state index in [1.807, 2.05) is 0 Å². The summed E-state index contributed by atoms with van der Waals surface area (Å²) in [7, 11) is 0. The van der Waals surface area contributed by atoms with E-state index in [-0.39, 0.29) is 12.5 Å². The topological polar surface area (TPSA) is 85.2 Å². The predicted octanol–water partition coefficient (Wildman–Crippen LogP) is 1.38. The molecular formula is C10H10ClN3O2. The van der Waals surface area contributed by atoms with Crippen molar-refractivity contribution in [3.8, 4) is 11.4 Å². The van der Waals surface area contributed by atoms with Gasteiger partial charge in [0, 0.05) is 10.6 Å². The summed E-state index contributed by atoms with van der Waals surface area (Å²) in [6, 6.07) is 6.38. The van der Waals surface area contributed by atoms with Crippen LogP contribution in [0.3, 0.4) is 0 Å². The lowest BCUT2D eigenvalue weighted by atomic mass is 10.2. The van der Waals surface area contributed by atoms with Gasteiger partial charge in [0.25, 0.3) is 0 Å². The Balaban J connectivity index is 2.28. The molecule has 1 aromatic carbocycles. The normalized spacial score (nSPS) is 12.7. The highest BCUT2D eigenvalue weighted by Gasteiger charge is 2.14. The molecule has 0 saturated heterocycles. The predicted molar refractivity (Wildman–Crippen MR) is 58.8 cm³/mol. The first-order valence-corrected chi connectivity index (χ1v) is 5.04. The van der Waals surface area contributed by atoms with Crippen LogP contribution in [0.4, 0.5) is 0 Å². The molecule has 0 amide bonds. The van der Waals surface area contributed by atoms with Crippen molar-refractivity contribution in [1.82, 2.24) is 10.1 Å². The molecule has 0 radical (unpaired) electrons. The molecule has 0 saturated carbocycles. The van der Waals surface area contributed by atoms with Gasteiger partial charge >= 0.3 is 0 Å². The van der Waals surface area contributed by atoms with E-state index in [0.29, 0.717) is 10.8 Å². The van der Waals surface area contributed by atoms with Gasteiger partial charge in [0.1, 0.15) is 6.04 Å². The van der Waals surface area contributed by atoms with Crippen molar-refractivity contribution >= 4 is 11.6 Å². The van der Waals surface area contributed by atoms with Crippen LogP contribution in [0.1, 0.15) is 11.9 Å². The van der Waals surface area contributed by atoms with Crippen LogP contribution < -0.4 is 5.73 Å². The van der Waals surface area contributed by atoms with Gasteiger partial charge in [0.2, 0.25) is 11.7 Å². The van der Waals surface area contributed by atoms with Gasteiger partial charge in [0.15, 0.2) is 0 Å². The Morgan fingerprint density at radius 3 is 2.69 bits per heavy atom. The largest absolute Gasteiger partial charge is 0.394 e. The number of halogens is 1. The Bertz CT molecular complexity index is 469. The number of hydrogen-bond donors (Lipinski definition) is 2. The summed E-state index contributed by atoms with van der Waals surface area (Å²) >= 11 is 5.76. The average molecular weight is 240 g/mol. The second-order valence-corrected chi connectivity index (χ2v) is 3.69. The highest BCUT2D eigenvalue weighted by Crippen LogP contribution is 2.19. The molecule has 1 aromatic heterocycles. The summed E-state index contributed by atoms with van der Waals surface area (Å²) in [5.41, 5.74) is 6.32. The Labute approximate surface area is 96.8 Å². The number of aliphatic hydroxyl groups excluding tert-OH is 1. The van der Waals surface area contributed by atoms with Crippen molar-refractivity contribution in [3.63, 3.8) is 0 Å². The monoisotopic (exact) mass is 239 g/mol. The lowest BCUT2D eigenvalue weighted by Crippen LogP contribution is -2.14. The van der Waals surface area contributed by atoms with Gasteiger partial charge in [-0.1, -0.05) is 16.8 Å². The average Bonchev–Trinajstić information content (AvgIpc) is 2.78. The molecule has 6 heteroatoms. The van der Waals surface area contributed by atoms with E-state index >= 15 is 0 Å². The molecule has 0 fully saturated rings. The smallest absolute Gasteiger partial charge is 0.246 e. The molecule has 2 rings (SSSR count). The molecule has 0 aliphatic carbocycles. The Hall–Kier alpha value is -1.43. The van der Waals surface area contributed by atoms with Crippen LogP contribution in [0, 0.1) is 0 Å². The third-order valence-electron chi connectivity index (χ3n) is 2.06. The molecule has 0 bridgehead atoms. The van der Waals surface area contributed by atoms with E-state index in [1.54, 1.807) is 24.3 Å². The lowest BCUT2D eigenvalue weighted by molar-refractivity contribution is 0.237. The molecule has 1 unspecified atom stereocenters. The van der Waals surface area contributed by atoms with Crippen LogP contribution in [0.5, 0.6) is 0 Å². The van der Waals surface area contributed by atoms with Crippen molar-refractivity contribution in [2.45, 2.75) is 6.04 Å². The van der Waals surface area contributed by atoms with E-state index < -0.39 is 6.04 Å². The van der Waals surface area contributed by atoms with Gasteiger partial charge < -0.3 is 15.4 Å². The van der Waals surface area contributed by atoms with E-state index in [9.17, 15) is 0 Å². The Kier molecular flexibility index (Phi) is 3.19. The zero-order chi connectivity index (χ0) is 11.5. The third-order valence-corrected chi connectivity index (χ3v) is 2.31. The highest BCUT2D eigenvalue weighted by molar-refractivity contribution is 6.30. The minimum atomic E-state index is -0.645. The van der Waals surface area contributed by atoms with Crippen LogP contribution in [-0.2, 0) is 0 Å². The number of rotatable bonds is 3. The second-order valence-electron chi connectivity index (χ2n) is 3.25. The SMILES string of the molecule is NC(CO)c1nc(-c2ccc(Cl)cc2)no1. The maximum absolute atomic E-state index is 8.83. The molecule has 0 aliphatic rings. The van der Waals surface area contributed by atoms with E-state index in [0.717, 1.165) is 5.56 Å². The number of nitrogens with two attached hydrogens (primary N) is 1. The molecule has 16 heavy (non-hydrogen) atoms. The summed E-state index contributed by atoms with van der Waals surface area (Å²) in [5, 5.41) is 13.2. The molecule has 1 heterocycles. The van der Waals surface area contributed by atoms with E-state index in [2.05, 4.69) is 10.1 Å². The first-order chi connectivity index (χ1) is 7.70. The summed E-state index contributed by atoms with van der Waals surface area (Å²) in [6.45, 7) is -0.234. The molecule has 0 aliphatic heterocycles. The quantitative estimate of drug-likeness (QED) is 0.845. The van der Waals surface area contributed by atoms with Gasteiger partial charge in [-0.15, -0.1) is 0 Å². The van der Waals surface area contributed by atoms with Crippen molar-refractivity contribution in [2.75, 3.05) is 6.61 Å². The zero-order valence-corrected chi connectivity index (χ0v) is 9.05. The second kappa shape index (κ2) is 4.61. The van der Waals surface area contributed by atoms with Crippen molar-refractivity contribution < 1.29 is 9.63 Å². The van der Waals surface area contributed by atoms with Crippen LogP contribution in [0.25, 0.3) is 11.4 Å². The van der Waals surface area contributed by atoms with Crippen LogP contribution in [0.2, 0.25) is 5.02 Å². The summed E-state index contributed by atoms with van der Waals surface area (Å²) in [6.07, 6.45) is 0. The first kappa shape index (κ1) is 11.1. The summed E-state index contributed by atoms with van der Waals surface area (Å²) in [5.74, 6) is 0.642. The highest BCUT2D eigenvalue weighted by atomic mass is 35.5. The van der Waals surface area contributed by atoms with Crippen LogP contribution >= 0.6 is 11.6 Å². The Morgan fingerprint density at radius 2 is 2.06 bits per heavy atom. The van der Waals surface area contributed by atoms with Gasteiger partial charge in [-0.2, -0.15) is 4.98 Å². The fourth-order valence-electron chi connectivity index (χ4n) is 1.18. The summed E-state index contributed by atoms with van der Waals surface area (Å²) in [4.78, 5) is 4.08. The minimum absolute atomic E-state index is 0.215. The van der Waals surface area contributed by atoms with Crippen LogP contribution in [0.15, 0.2) is 28.8 Å². The third kappa shape index (κ3) is 2.21. The van der Waals surface area contributed by atoms with Crippen molar-refractivity contribution in [3.05, 3.63) is 35.2 Å². The first-order valence-electron chi connectivity index (χ1n) is 4.66. The van der Waals surface area contributed by atoms with Crippen molar-refractivity contribution in [2.24, 2.45) is 5.73 Å². The summed E-state index contributed by atoms with van der Waals surface area (Å²) < 4.78 is 4.92. The fraction of sp³-hybridized carbons (Fsp3) is 0.200. The molecule has 1 atom stereocenters. The molecule has 3 N–H and O–H groups in total. The zero-order valence-electron chi connectivity index (χ0n) is 8.30. The van der Waals surface area contributed by atoms with E-state index in [1.165, 1.54) is 0 Å². The van der Waals surface area contributed by atoms with Gasteiger partial charge in [-0.05, 0) is 24.3 Å². The number of hydrogen-bond acceptors (Lipinski definition) is 5. The fourth-order valence-corrected chi connectivity index (χ4v) is 1.31. The number of nitrogens with zero attached hydrogens (tertiary/aromatic N) is 2. The molecule has 0 spiro atoms. The van der Waals surface area contributed by atoms with Gasteiger partial charge in [-0.3, -0.25) is 0 Å². The van der Waals surface area contributed by atoms with Gasteiger partial charge in [0.05, 0.1) is 6.61 Å². The standard InChI is InChI=1S/C10H10ClN3O2/c11-7-3-1-6(2-4-7)9-13-10(16-14-9)8(12)5-15/h1-4,8,15H,5,12H2. The Morgan fingerprint density at radius 1 is 1.38 bits per heavy atom. The van der Waals surface area contributed by atoms with Crippen molar-refractivity contribution in [1.29, 1.82) is 0 Å². The molecule has 5 nitrogen and oxygen atoms in total. The maximum Gasteiger partial charge on any atom is 0.246 e. The number of aromatic nitrogens is 2. The van der Waals surface area contributed by atoms with Crippen LogP contribution in [-0.4, -0.2) is 21.9 Å². The molecule has 84 valence electrons. The molecule has 2 aromatic rings.